The second kappa shape index (κ2) is 5.16. The van der Waals surface area contributed by atoms with Crippen LogP contribution in [0.3, 0.4) is 0 Å². The van der Waals surface area contributed by atoms with Crippen molar-refractivity contribution in [2.75, 3.05) is 36.0 Å². The van der Waals surface area contributed by atoms with E-state index in [0.717, 1.165) is 18.8 Å². The molecule has 5 heteroatoms. The molecule has 2 rings (SSSR count). The first-order chi connectivity index (χ1) is 8.67. The molecule has 1 aromatic rings. The fraction of sp³-hybridized carbons (Fsp3) is 0.462. The van der Waals surface area contributed by atoms with Crippen molar-refractivity contribution >= 4 is 17.5 Å². The van der Waals surface area contributed by atoms with E-state index in [0.29, 0.717) is 24.6 Å². The molecule has 1 heterocycles. The minimum atomic E-state index is -0.934. The molecule has 0 aliphatic carbocycles. The zero-order valence-corrected chi connectivity index (χ0v) is 10.7. The van der Waals surface area contributed by atoms with Crippen LogP contribution in [0.5, 0.6) is 5.75 Å². The van der Waals surface area contributed by atoms with E-state index in [1.54, 1.807) is 0 Å². The van der Waals surface area contributed by atoms with E-state index in [-0.39, 0.29) is 0 Å². The molecule has 98 valence electrons. The summed E-state index contributed by atoms with van der Waals surface area (Å²) in [5.41, 5.74) is 1.66. The maximum Gasteiger partial charge on any atom is 0.412 e. The molecule has 18 heavy (non-hydrogen) atoms. The minimum absolute atomic E-state index is 0.379. The van der Waals surface area contributed by atoms with Crippen LogP contribution in [0, 0.1) is 0 Å². The summed E-state index contributed by atoms with van der Waals surface area (Å²) in [6, 6.07) is 5.70. The van der Waals surface area contributed by atoms with Crippen molar-refractivity contribution in [1.29, 1.82) is 0 Å². The summed E-state index contributed by atoms with van der Waals surface area (Å²) in [7, 11) is 0. The van der Waals surface area contributed by atoms with Gasteiger partial charge < -0.3 is 14.7 Å². The molecule has 0 fully saturated rings. The van der Waals surface area contributed by atoms with Gasteiger partial charge >= 0.3 is 6.09 Å². The fourth-order valence-electron chi connectivity index (χ4n) is 2.19. The summed E-state index contributed by atoms with van der Waals surface area (Å²) in [6.45, 7) is 6.73. The molecule has 0 saturated carbocycles. The number of hydrogen-bond acceptors (Lipinski definition) is 3. The van der Waals surface area contributed by atoms with Gasteiger partial charge in [-0.3, -0.25) is 4.90 Å². The molecule has 0 unspecified atom stereocenters. The van der Waals surface area contributed by atoms with Gasteiger partial charge in [0.25, 0.3) is 0 Å². The zero-order chi connectivity index (χ0) is 13.1. The lowest BCUT2D eigenvalue weighted by Crippen LogP contribution is -2.37. The number of nitrogens with zero attached hydrogens (tertiary/aromatic N) is 2. The molecule has 0 saturated heterocycles. The van der Waals surface area contributed by atoms with Gasteiger partial charge in [0.15, 0.2) is 0 Å². The van der Waals surface area contributed by atoms with Crippen LogP contribution in [-0.4, -0.2) is 37.4 Å². The van der Waals surface area contributed by atoms with Gasteiger partial charge in [-0.15, -0.1) is 0 Å². The summed E-state index contributed by atoms with van der Waals surface area (Å²) in [4.78, 5) is 14.7. The number of anilines is 2. The number of ether oxygens (including phenoxy) is 1. The van der Waals surface area contributed by atoms with E-state index in [1.807, 2.05) is 18.2 Å². The van der Waals surface area contributed by atoms with Crippen LogP contribution in [0.4, 0.5) is 16.2 Å². The van der Waals surface area contributed by atoms with Crippen molar-refractivity contribution in [3.63, 3.8) is 0 Å². The lowest BCUT2D eigenvalue weighted by Gasteiger charge is -2.29. The lowest BCUT2D eigenvalue weighted by molar-refractivity contribution is 0.196. The van der Waals surface area contributed by atoms with Crippen LogP contribution in [0.2, 0.25) is 0 Å². The Hall–Kier alpha value is -1.91. The lowest BCUT2D eigenvalue weighted by atomic mass is 10.2. The molecule has 1 aromatic carbocycles. The predicted molar refractivity (Wildman–Crippen MR) is 70.9 cm³/mol. The third-order valence-electron chi connectivity index (χ3n) is 3.17. The maximum atomic E-state index is 11.2. The van der Waals surface area contributed by atoms with Gasteiger partial charge in [0.2, 0.25) is 0 Å². The third-order valence-corrected chi connectivity index (χ3v) is 3.17. The predicted octanol–water partition coefficient (Wildman–Crippen LogP) is 2.41. The summed E-state index contributed by atoms with van der Waals surface area (Å²) in [5, 5.41) is 9.19. The highest BCUT2D eigenvalue weighted by Crippen LogP contribution is 2.35. The van der Waals surface area contributed by atoms with Gasteiger partial charge in [-0.1, -0.05) is 0 Å². The molecule has 0 bridgehead atoms. The Balaban J connectivity index is 2.39. The van der Waals surface area contributed by atoms with E-state index in [4.69, 9.17) is 4.74 Å². The average Bonchev–Trinajstić information content (AvgIpc) is 2.39. The SMILES string of the molecule is CCN(CC)c1ccc2c(c1)N(C(=O)O)CCO2. The number of hydrogen-bond donors (Lipinski definition) is 1. The smallest absolute Gasteiger partial charge is 0.412 e. The molecule has 0 atom stereocenters. The quantitative estimate of drug-likeness (QED) is 0.895. The van der Waals surface area contributed by atoms with Crippen LogP contribution in [0.15, 0.2) is 18.2 Å². The van der Waals surface area contributed by atoms with Crippen molar-refractivity contribution < 1.29 is 14.6 Å². The van der Waals surface area contributed by atoms with E-state index < -0.39 is 6.09 Å². The van der Waals surface area contributed by atoms with Crippen LogP contribution >= 0.6 is 0 Å². The van der Waals surface area contributed by atoms with E-state index in [1.165, 1.54) is 4.90 Å². The summed E-state index contributed by atoms with van der Waals surface area (Å²) < 4.78 is 5.48. The first kappa shape index (κ1) is 12.5. The molecule has 5 nitrogen and oxygen atoms in total. The van der Waals surface area contributed by atoms with Crippen molar-refractivity contribution in [2.24, 2.45) is 0 Å². The molecule has 0 spiro atoms. The summed E-state index contributed by atoms with van der Waals surface area (Å²) in [5.74, 6) is 0.638. The third kappa shape index (κ3) is 2.20. The van der Waals surface area contributed by atoms with Crippen molar-refractivity contribution in [2.45, 2.75) is 13.8 Å². The molecule has 0 radical (unpaired) electrons. The first-order valence-electron chi connectivity index (χ1n) is 6.19. The number of benzene rings is 1. The molecule has 1 aliphatic rings. The minimum Gasteiger partial charge on any atom is -0.490 e. The van der Waals surface area contributed by atoms with Crippen molar-refractivity contribution in [3.05, 3.63) is 18.2 Å². The Morgan fingerprint density at radius 3 is 2.78 bits per heavy atom. The van der Waals surface area contributed by atoms with Crippen molar-refractivity contribution in [1.82, 2.24) is 0 Å². The summed E-state index contributed by atoms with van der Waals surface area (Å²) in [6.07, 6.45) is -0.934. The Labute approximate surface area is 107 Å². The van der Waals surface area contributed by atoms with Crippen LogP contribution in [-0.2, 0) is 0 Å². The normalized spacial score (nSPS) is 13.8. The molecule has 1 amide bonds. The Morgan fingerprint density at radius 2 is 2.17 bits per heavy atom. The Bertz CT molecular complexity index is 444. The zero-order valence-electron chi connectivity index (χ0n) is 10.7. The Morgan fingerprint density at radius 1 is 1.44 bits per heavy atom. The number of amides is 1. The maximum absolute atomic E-state index is 11.2. The average molecular weight is 250 g/mol. The van der Waals surface area contributed by atoms with Gasteiger partial charge in [0, 0.05) is 18.8 Å². The molecule has 0 aromatic heterocycles. The number of carbonyl (C=O) groups is 1. The Kier molecular flexibility index (Phi) is 3.60. The van der Waals surface area contributed by atoms with E-state index >= 15 is 0 Å². The first-order valence-corrected chi connectivity index (χ1v) is 6.19. The van der Waals surface area contributed by atoms with E-state index in [9.17, 15) is 9.90 Å². The summed E-state index contributed by atoms with van der Waals surface area (Å²) >= 11 is 0. The van der Waals surface area contributed by atoms with Gasteiger partial charge in [0.1, 0.15) is 12.4 Å². The second-order valence-electron chi connectivity index (χ2n) is 4.11. The van der Waals surface area contributed by atoms with Gasteiger partial charge in [-0.2, -0.15) is 0 Å². The number of fused-ring (bicyclic) bond motifs is 1. The van der Waals surface area contributed by atoms with Crippen molar-refractivity contribution in [3.8, 4) is 5.75 Å². The molecule has 1 aliphatic heterocycles. The topological polar surface area (TPSA) is 53.0 Å². The molecular weight excluding hydrogens is 232 g/mol. The molecule has 1 N–H and O–H groups in total. The van der Waals surface area contributed by atoms with Gasteiger partial charge in [0.05, 0.1) is 12.2 Å². The monoisotopic (exact) mass is 250 g/mol. The standard InChI is InChI=1S/C13H18N2O3/c1-3-14(4-2)10-5-6-12-11(9-10)15(13(16)17)7-8-18-12/h5-6,9H,3-4,7-8H2,1-2H3,(H,16,17). The highest BCUT2D eigenvalue weighted by Gasteiger charge is 2.23. The van der Waals surface area contributed by atoms with Crippen LogP contribution in [0.25, 0.3) is 0 Å². The molecular formula is C13H18N2O3. The van der Waals surface area contributed by atoms with Gasteiger partial charge in [-0.25, -0.2) is 4.79 Å². The largest absolute Gasteiger partial charge is 0.490 e. The highest BCUT2D eigenvalue weighted by molar-refractivity contribution is 5.89. The van der Waals surface area contributed by atoms with E-state index in [2.05, 4.69) is 18.7 Å². The van der Waals surface area contributed by atoms with Crippen LogP contribution in [0.1, 0.15) is 13.8 Å². The fourth-order valence-corrected chi connectivity index (χ4v) is 2.19. The number of rotatable bonds is 3. The van der Waals surface area contributed by atoms with Gasteiger partial charge in [-0.05, 0) is 32.0 Å². The van der Waals surface area contributed by atoms with Crippen LogP contribution < -0.4 is 14.5 Å². The second-order valence-corrected chi connectivity index (χ2v) is 4.11. The number of carboxylic acid groups (broad SMARTS) is 1. The highest BCUT2D eigenvalue weighted by atomic mass is 16.5.